The summed E-state index contributed by atoms with van der Waals surface area (Å²) in [5.41, 5.74) is 0. The number of carbonyl (C=O) groups is 1. The topological polar surface area (TPSA) is 17.1 Å². The lowest BCUT2D eigenvalue weighted by molar-refractivity contribution is -0.110. The van der Waals surface area contributed by atoms with E-state index in [9.17, 15) is 13.6 Å². The lowest BCUT2D eigenvalue weighted by Gasteiger charge is -2.07. The molecule has 0 aliphatic rings. The summed E-state index contributed by atoms with van der Waals surface area (Å²) in [6.07, 6.45) is -0.485. The van der Waals surface area contributed by atoms with Crippen molar-refractivity contribution in [1.29, 1.82) is 0 Å². The van der Waals surface area contributed by atoms with Crippen LogP contribution in [0.4, 0.5) is 8.78 Å². The first-order valence-electron chi connectivity index (χ1n) is 5.01. The van der Waals surface area contributed by atoms with Crippen molar-refractivity contribution in [1.82, 2.24) is 0 Å². The summed E-state index contributed by atoms with van der Waals surface area (Å²) in [5, 5.41) is 0.167. The third-order valence-electron chi connectivity index (χ3n) is 1.92. The van der Waals surface area contributed by atoms with Gasteiger partial charge in [-0.15, -0.1) is 0 Å². The van der Waals surface area contributed by atoms with Crippen LogP contribution in [0.25, 0.3) is 0 Å². The van der Waals surface area contributed by atoms with E-state index in [0.717, 1.165) is 12.2 Å². The Morgan fingerprint density at radius 2 is 2.00 bits per heavy atom. The lowest BCUT2D eigenvalue weighted by atomic mass is 10.1. The first kappa shape index (κ1) is 13.9. The van der Waals surface area contributed by atoms with Crippen LogP contribution in [0.3, 0.4) is 0 Å². The number of alkyl halides is 2. The molecule has 4 heteroatoms. The standard InChI is InChI=1S/C10H18F2OS/c1-3-10(13)14-7-5-4-6-9(12)8(2)11/h8-9H,3-7H2,1-2H3. The van der Waals surface area contributed by atoms with Crippen molar-refractivity contribution in [2.24, 2.45) is 0 Å². The molecular weight excluding hydrogens is 206 g/mol. The van der Waals surface area contributed by atoms with Crippen LogP contribution in [0.15, 0.2) is 0 Å². The molecule has 1 nitrogen and oxygen atoms in total. The first-order valence-corrected chi connectivity index (χ1v) is 6.00. The van der Waals surface area contributed by atoms with Crippen molar-refractivity contribution >= 4 is 16.9 Å². The second-order valence-electron chi connectivity index (χ2n) is 3.26. The van der Waals surface area contributed by atoms with Gasteiger partial charge in [0.15, 0.2) is 5.12 Å². The zero-order chi connectivity index (χ0) is 11.0. The van der Waals surface area contributed by atoms with Gasteiger partial charge in [-0.2, -0.15) is 0 Å². The third kappa shape index (κ3) is 7.30. The Bertz CT molecular complexity index is 162. The van der Waals surface area contributed by atoms with Gasteiger partial charge in [0.25, 0.3) is 0 Å². The van der Waals surface area contributed by atoms with E-state index >= 15 is 0 Å². The summed E-state index contributed by atoms with van der Waals surface area (Å²) >= 11 is 1.28. The van der Waals surface area contributed by atoms with Gasteiger partial charge in [-0.1, -0.05) is 18.7 Å². The Balaban J connectivity index is 3.25. The number of carbonyl (C=O) groups excluding carboxylic acids is 1. The monoisotopic (exact) mass is 224 g/mol. The van der Waals surface area contributed by atoms with Gasteiger partial charge in [-0.3, -0.25) is 4.79 Å². The van der Waals surface area contributed by atoms with Gasteiger partial charge in [0.1, 0.15) is 12.3 Å². The fourth-order valence-corrected chi connectivity index (χ4v) is 1.74. The van der Waals surface area contributed by atoms with Gasteiger partial charge in [-0.05, 0) is 26.2 Å². The van der Waals surface area contributed by atoms with E-state index in [1.54, 1.807) is 0 Å². The Kier molecular flexibility index (Phi) is 8.14. The van der Waals surface area contributed by atoms with E-state index in [2.05, 4.69) is 0 Å². The van der Waals surface area contributed by atoms with Crippen LogP contribution < -0.4 is 0 Å². The predicted molar refractivity (Wildman–Crippen MR) is 57.1 cm³/mol. The maximum atomic E-state index is 12.7. The minimum absolute atomic E-state index is 0.167. The largest absolute Gasteiger partial charge is 0.287 e. The van der Waals surface area contributed by atoms with Gasteiger partial charge in [-0.25, -0.2) is 8.78 Å². The van der Waals surface area contributed by atoms with E-state index in [4.69, 9.17) is 0 Å². The minimum atomic E-state index is -1.38. The normalized spacial score (nSPS) is 15.1. The molecule has 84 valence electrons. The number of unbranched alkanes of at least 4 members (excludes halogenated alkanes) is 1. The molecule has 0 amide bonds. The number of hydrogen-bond acceptors (Lipinski definition) is 2. The van der Waals surface area contributed by atoms with Crippen molar-refractivity contribution in [2.45, 2.75) is 51.9 Å². The first-order chi connectivity index (χ1) is 6.57. The Morgan fingerprint density at radius 3 is 2.50 bits per heavy atom. The molecule has 0 rings (SSSR count). The Hall–Kier alpha value is -0.120. The summed E-state index contributed by atoms with van der Waals surface area (Å²) in [4.78, 5) is 10.8. The van der Waals surface area contributed by atoms with Gasteiger partial charge < -0.3 is 0 Å². The summed E-state index contributed by atoms with van der Waals surface area (Å²) in [7, 11) is 0. The fourth-order valence-electron chi connectivity index (χ4n) is 0.959. The molecule has 14 heavy (non-hydrogen) atoms. The van der Waals surface area contributed by atoms with E-state index < -0.39 is 12.3 Å². The number of rotatable bonds is 7. The smallest absolute Gasteiger partial charge is 0.188 e. The second kappa shape index (κ2) is 8.21. The predicted octanol–water partition coefficient (Wildman–Crippen LogP) is 3.52. The summed E-state index contributed by atoms with van der Waals surface area (Å²) < 4.78 is 25.1. The molecule has 2 unspecified atom stereocenters. The Morgan fingerprint density at radius 1 is 1.36 bits per heavy atom. The molecular formula is C10H18F2OS. The second-order valence-corrected chi connectivity index (χ2v) is 4.42. The maximum Gasteiger partial charge on any atom is 0.188 e. The SMILES string of the molecule is CCC(=O)SCCCCC(F)C(C)F. The van der Waals surface area contributed by atoms with Gasteiger partial charge in [0.2, 0.25) is 0 Å². The van der Waals surface area contributed by atoms with Gasteiger partial charge in [0.05, 0.1) is 0 Å². The van der Waals surface area contributed by atoms with Crippen LogP contribution in [-0.4, -0.2) is 23.2 Å². The number of hydrogen-bond donors (Lipinski definition) is 0. The van der Waals surface area contributed by atoms with Crippen LogP contribution in [0.2, 0.25) is 0 Å². The third-order valence-corrected chi connectivity index (χ3v) is 3.03. The zero-order valence-electron chi connectivity index (χ0n) is 8.76. The zero-order valence-corrected chi connectivity index (χ0v) is 9.58. The molecule has 0 spiro atoms. The van der Waals surface area contributed by atoms with Crippen LogP contribution in [0.1, 0.15) is 39.5 Å². The molecule has 0 saturated carbocycles. The summed E-state index contributed by atoms with van der Waals surface area (Å²) in [6.45, 7) is 3.05. The minimum Gasteiger partial charge on any atom is -0.287 e. The molecule has 0 aliphatic carbocycles. The molecule has 0 aromatic carbocycles. The molecule has 0 N–H and O–H groups in total. The maximum absolute atomic E-state index is 12.7. The average Bonchev–Trinajstić information content (AvgIpc) is 2.16. The molecule has 0 bridgehead atoms. The van der Waals surface area contributed by atoms with E-state index in [0.29, 0.717) is 12.8 Å². The van der Waals surface area contributed by atoms with Crippen molar-refractivity contribution in [3.05, 3.63) is 0 Å². The summed E-state index contributed by atoms with van der Waals surface area (Å²) in [6, 6.07) is 0. The molecule has 0 aromatic heterocycles. The molecule has 0 radical (unpaired) electrons. The van der Waals surface area contributed by atoms with Crippen LogP contribution in [-0.2, 0) is 4.79 Å². The van der Waals surface area contributed by atoms with Crippen LogP contribution >= 0.6 is 11.8 Å². The van der Waals surface area contributed by atoms with Crippen molar-refractivity contribution < 1.29 is 13.6 Å². The molecule has 0 aromatic rings. The molecule has 0 saturated heterocycles. The van der Waals surface area contributed by atoms with E-state index in [-0.39, 0.29) is 11.5 Å². The van der Waals surface area contributed by atoms with Crippen molar-refractivity contribution in [3.8, 4) is 0 Å². The van der Waals surface area contributed by atoms with Gasteiger partial charge >= 0.3 is 0 Å². The quantitative estimate of drug-likeness (QED) is 0.615. The molecule has 0 fully saturated rings. The van der Waals surface area contributed by atoms with Crippen LogP contribution in [0.5, 0.6) is 0 Å². The van der Waals surface area contributed by atoms with Crippen LogP contribution in [0, 0.1) is 0 Å². The fraction of sp³-hybridized carbons (Fsp3) is 0.900. The van der Waals surface area contributed by atoms with Crippen molar-refractivity contribution in [3.63, 3.8) is 0 Å². The highest BCUT2D eigenvalue weighted by atomic mass is 32.2. The number of halogens is 2. The van der Waals surface area contributed by atoms with E-state index in [1.165, 1.54) is 18.7 Å². The molecule has 2 atom stereocenters. The highest BCUT2D eigenvalue weighted by Gasteiger charge is 2.13. The molecule has 0 aliphatic heterocycles. The van der Waals surface area contributed by atoms with E-state index in [1.807, 2.05) is 6.92 Å². The highest BCUT2D eigenvalue weighted by molar-refractivity contribution is 8.13. The number of thioether (sulfide) groups is 1. The Labute approximate surface area is 88.6 Å². The average molecular weight is 224 g/mol. The van der Waals surface area contributed by atoms with Crippen molar-refractivity contribution in [2.75, 3.05) is 5.75 Å². The summed E-state index contributed by atoms with van der Waals surface area (Å²) in [5.74, 6) is 0.722. The van der Waals surface area contributed by atoms with Gasteiger partial charge in [0, 0.05) is 12.2 Å². The highest BCUT2D eigenvalue weighted by Crippen LogP contribution is 2.14. The lowest BCUT2D eigenvalue weighted by Crippen LogP contribution is -2.12. The molecule has 0 heterocycles.